The zero-order valence-corrected chi connectivity index (χ0v) is 11.8. The van der Waals surface area contributed by atoms with Gasteiger partial charge in [0, 0.05) is 18.6 Å². The smallest absolute Gasteiger partial charge is 0.338 e. The van der Waals surface area contributed by atoms with Crippen LogP contribution >= 0.6 is 0 Å². The molecule has 0 spiro atoms. The lowest BCUT2D eigenvalue weighted by atomic mass is 10.1. The normalized spacial score (nSPS) is 18.6. The van der Waals surface area contributed by atoms with Gasteiger partial charge in [-0.05, 0) is 38.3 Å². The molecule has 0 amide bonds. The molecule has 2 rings (SSSR count). The Hall–Kier alpha value is -1.68. The third-order valence-corrected chi connectivity index (χ3v) is 3.47. The SMILES string of the molecule is CC(=O)c1ccc(C(=O)OCC[C@@H]2CCCCO2)cc1. The summed E-state index contributed by atoms with van der Waals surface area (Å²) in [6.07, 6.45) is 4.32. The predicted octanol–water partition coefficient (Wildman–Crippen LogP) is 3.01. The maximum Gasteiger partial charge on any atom is 0.338 e. The maximum atomic E-state index is 11.8. The molecule has 1 atom stereocenters. The number of ether oxygens (including phenoxy) is 2. The van der Waals surface area contributed by atoms with Crippen molar-refractivity contribution < 1.29 is 19.1 Å². The molecule has 0 aromatic heterocycles. The molecule has 1 aromatic rings. The number of carbonyl (C=O) groups excluding carboxylic acids is 2. The van der Waals surface area contributed by atoms with Crippen molar-refractivity contribution in [3.63, 3.8) is 0 Å². The summed E-state index contributed by atoms with van der Waals surface area (Å²) in [4.78, 5) is 23.0. The Morgan fingerprint density at radius 3 is 2.50 bits per heavy atom. The van der Waals surface area contributed by atoms with Crippen LogP contribution in [0.1, 0.15) is 53.3 Å². The quantitative estimate of drug-likeness (QED) is 0.613. The summed E-state index contributed by atoms with van der Waals surface area (Å²) >= 11 is 0. The van der Waals surface area contributed by atoms with Crippen molar-refractivity contribution in [3.8, 4) is 0 Å². The van der Waals surface area contributed by atoms with E-state index < -0.39 is 0 Å². The molecular weight excluding hydrogens is 256 g/mol. The second-order valence-electron chi connectivity index (χ2n) is 5.05. The summed E-state index contributed by atoms with van der Waals surface area (Å²) in [5, 5.41) is 0. The van der Waals surface area contributed by atoms with Crippen LogP contribution in [0.3, 0.4) is 0 Å². The molecule has 1 saturated heterocycles. The first-order chi connectivity index (χ1) is 9.66. The van der Waals surface area contributed by atoms with E-state index in [1.807, 2.05) is 0 Å². The molecule has 0 aliphatic carbocycles. The van der Waals surface area contributed by atoms with Crippen LogP contribution in [-0.2, 0) is 9.47 Å². The predicted molar refractivity (Wildman–Crippen MR) is 74.9 cm³/mol. The fourth-order valence-electron chi connectivity index (χ4n) is 2.24. The monoisotopic (exact) mass is 276 g/mol. The summed E-state index contributed by atoms with van der Waals surface area (Å²) in [5.74, 6) is -0.365. The minimum Gasteiger partial charge on any atom is -0.462 e. The van der Waals surface area contributed by atoms with Crippen molar-refractivity contribution in [2.45, 2.75) is 38.7 Å². The van der Waals surface area contributed by atoms with E-state index in [4.69, 9.17) is 9.47 Å². The highest BCUT2D eigenvalue weighted by atomic mass is 16.5. The van der Waals surface area contributed by atoms with E-state index >= 15 is 0 Å². The minimum atomic E-state index is -0.351. The van der Waals surface area contributed by atoms with E-state index in [2.05, 4.69) is 0 Å². The van der Waals surface area contributed by atoms with Crippen LogP contribution in [0.25, 0.3) is 0 Å². The zero-order valence-electron chi connectivity index (χ0n) is 11.8. The lowest BCUT2D eigenvalue weighted by Gasteiger charge is -2.22. The summed E-state index contributed by atoms with van der Waals surface area (Å²) in [7, 11) is 0. The Labute approximate surface area is 119 Å². The summed E-state index contributed by atoms with van der Waals surface area (Å²) in [5.41, 5.74) is 1.07. The highest BCUT2D eigenvalue weighted by Crippen LogP contribution is 2.15. The molecule has 0 N–H and O–H groups in total. The third kappa shape index (κ3) is 4.17. The molecule has 1 aromatic carbocycles. The van der Waals surface area contributed by atoms with Gasteiger partial charge in [-0.3, -0.25) is 4.79 Å². The van der Waals surface area contributed by atoms with Crippen LogP contribution in [0.4, 0.5) is 0 Å². The van der Waals surface area contributed by atoms with Crippen LogP contribution in [0, 0.1) is 0 Å². The Morgan fingerprint density at radius 1 is 1.20 bits per heavy atom. The summed E-state index contributed by atoms with van der Waals surface area (Å²) < 4.78 is 10.8. The molecule has 1 heterocycles. The van der Waals surface area contributed by atoms with Gasteiger partial charge >= 0.3 is 5.97 Å². The fourth-order valence-corrected chi connectivity index (χ4v) is 2.24. The van der Waals surface area contributed by atoms with Crippen LogP contribution in [-0.4, -0.2) is 31.1 Å². The Balaban J connectivity index is 1.77. The average molecular weight is 276 g/mol. The number of hydrogen-bond donors (Lipinski definition) is 0. The van der Waals surface area contributed by atoms with Gasteiger partial charge in [0.2, 0.25) is 0 Å². The first kappa shape index (κ1) is 14.7. The van der Waals surface area contributed by atoms with Crippen LogP contribution in [0.5, 0.6) is 0 Å². The van der Waals surface area contributed by atoms with Crippen LogP contribution in [0.2, 0.25) is 0 Å². The van der Waals surface area contributed by atoms with Crippen LogP contribution in [0.15, 0.2) is 24.3 Å². The maximum absolute atomic E-state index is 11.8. The molecular formula is C16H20O4. The van der Waals surface area contributed by atoms with E-state index in [-0.39, 0.29) is 17.9 Å². The van der Waals surface area contributed by atoms with Gasteiger partial charge in [0.05, 0.1) is 18.3 Å². The van der Waals surface area contributed by atoms with Crippen molar-refractivity contribution >= 4 is 11.8 Å². The number of esters is 1. The Bertz CT molecular complexity index is 458. The molecule has 1 aliphatic rings. The zero-order chi connectivity index (χ0) is 14.4. The molecule has 108 valence electrons. The molecule has 1 aliphatic heterocycles. The van der Waals surface area contributed by atoms with Crippen molar-refractivity contribution in [3.05, 3.63) is 35.4 Å². The Kier molecular flexibility index (Phi) is 5.30. The summed E-state index contributed by atoms with van der Waals surface area (Å²) in [6.45, 7) is 2.68. The second kappa shape index (κ2) is 7.20. The highest BCUT2D eigenvalue weighted by molar-refractivity contribution is 5.96. The summed E-state index contributed by atoms with van der Waals surface area (Å²) in [6, 6.07) is 6.53. The third-order valence-electron chi connectivity index (χ3n) is 3.47. The molecule has 0 radical (unpaired) electrons. The van der Waals surface area contributed by atoms with E-state index in [1.54, 1.807) is 24.3 Å². The van der Waals surface area contributed by atoms with E-state index in [0.717, 1.165) is 25.9 Å². The lowest BCUT2D eigenvalue weighted by Crippen LogP contribution is -2.21. The van der Waals surface area contributed by atoms with E-state index in [1.165, 1.54) is 13.3 Å². The number of rotatable bonds is 5. The van der Waals surface area contributed by atoms with Gasteiger partial charge < -0.3 is 9.47 Å². The van der Waals surface area contributed by atoms with Crippen molar-refractivity contribution in [2.24, 2.45) is 0 Å². The molecule has 4 heteroatoms. The number of Topliss-reactive ketones (excluding diaryl/α,β-unsaturated/α-hetero) is 1. The van der Waals surface area contributed by atoms with Crippen molar-refractivity contribution in [2.75, 3.05) is 13.2 Å². The second-order valence-corrected chi connectivity index (χ2v) is 5.05. The number of ketones is 1. The lowest BCUT2D eigenvalue weighted by molar-refractivity contribution is -0.00446. The van der Waals surface area contributed by atoms with Gasteiger partial charge in [-0.15, -0.1) is 0 Å². The largest absolute Gasteiger partial charge is 0.462 e. The molecule has 1 fully saturated rings. The minimum absolute atomic E-state index is 0.0145. The first-order valence-corrected chi connectivity index (χ1v) is 7.06. The number of hydrogen-bond acceptors (Lipinski definition) is 4. The number of benzene rings is 1. The van der Waals surface area contributed by atoms with Gasteiger partial charge in [0.15, 0.2) is 5.78 Å². The van der Waals surface area contributed by atoms with Gasteiger partial charge in [-0.2, -0.15) is 0 Å². The topological polar surface area (TPSA) is 52.6 Å². The van der Waals surface area contributed by atoms with Crippen molar-refractivity contribution in [1.29, 1.82) is 0 Å². The highest BCUT2D eigenvalue weighted by Gasteiger charge is 2.15. The standard InChI is InChI=1S/C16H20O4/c1-12(17)13-5-7-14(8-6-13)16(18)20-11-9-15-4-2-3-10-19-15/h5-8,15H,2-4,9-11H2,1H3/t15-/m0/s1. The molecule has 0 saturated carbocycles. The average Bonchev–Trinajstić information content (AvgIpc) is 2.48. The van der Waals surface area contributed by atoms with Crippen LogP contribution < -0.4 is 0 Å². The number of carbonyl (C=O) groups is 2. The molecule has 0 bridgehead atoms. The van der Waals surface area contributed by atoms with Crippen molar-refractivity contribution in [1.82, 2.24) is 0 Å². The van der Waals surface area contributed by atoms with Gasteiger partial charge in [0.1, 0.15) is 0 Å². The van der Waals surface area contributed by atoms with Gasteiger partial charge in [-0.1, -0.05) is 12.1 Å². The first-order valence-electron chi connectivity index (χ1n) is 7.06. The fraction of sp³-hybridized carbons (Fsp3) is 0.500. The van der Waals surface area contributed by atoms with E-state index in [0.29, 0.717) is 17.7 Å². The molecule has 4 nitrogen and oxygen atoms in total. The van der Waals surface area contributed by atoms with E-state index in [9.17, 15) is 9.59 Å². The van der Waals surface area contributed by atoms with Gasteiger partial charge in [0.25, 0.3) is 0 Å². The van der Waals surface area contributed by atoms with Gasteiger partial charge in [-0.25, -0.2) is 4.79 Å². The molecule has 0 unspecified atom stereocenters. The molecule has 20 heavy (non-hydrogen) atoms. The Morgan fingerprint density at radius 2 is 1.90 bits per heavy atom.